The van der Waals surface area contributed by atoms with Crippen molar-refractivity contribution in [2.45, 2.75) is 81.6 Å². The minimum absolute atomic E-state index is 0.0875. The Morgan fingerprint density at radius 2 is 1.79 bits per heavy atom. The van der Waals surface area contributed by atoms with Crippen LogP contribution >= 0.6 is 11.3 Å². The van der Waals surface area contributed by atoms with Gasteiger partial charge in [-0.05, 0) is 48.7 Å². The standard InChI is InChI=1S/C22H35N3O3S.2C2H6/c1-7-8-11-23-12-13-25(20(26)15-22(4,5)6)17(3)9-10-18-16(2)14-19(29-18)21(27)24-28;2*1-2/h9-10,14,23,28H,2,7-8,11-13,15H2,1,3-6H3,(H,24,27);2*1-2H3/b17-9+,18-10+;;. The van der Waals surface area contributed by atoms with E-state index in [4.69, 9.17) is 5.21 Å². The summed E-state index contributed by atoms with van der Waals surface area (Å²) in [6, 6.07) is 1.63. The molecule has 33 heavy (non-hydrogen) atoms. The summed E-state index contributed by atoms with van der Waals surface area (Å²) in [4.78, 5) is 26.7. The van der Waals surface area contributed by atoms with E-state index in [-0.39, 0.29) is 11.3 Å². The first-order chi connectivity index (χ1) is 15.6. The lowest BCUT2D eigenvalue weighted by atomic mass is 9.91. The van der Waals surface area contributed by atoms with Crippen molar-refractivity contribution in [1.29, 1.82) is 0 Å². The third-order valence-corrected chi connectivity index (χ3v) is 5.41. The van der Waals surface area contributed by atoms with Gasteiger partial charge in [-0.3, -0.25) is 14.8 Å². The topological polar surface area (TPSA) is 81.7 Å². The Labute approximate surface area is 205 Å². The first-order valence-corrected chi connectivity index (χ1v) is 12.8. The van der Waals surface area contributed by atoms with Crippen LogP contribution < -0.4 is 20.5 Å². The Hall–Kier alpha value is -1.96. The third-order valence-electron chi connectivity index (χ3n) is 4.27. The van der Waals surface area contributed by atoms with Crippen LogP contribution in [-0.4, -0.2) is 41.6 Å². The molecule has 1 rings (SSSR count). The quantitative estimate of drug-likeness (QED) is 0.258. The van der Waals surface area contributed by atoms with E-state index in [0.717, 1.165) is 36.2 Å². The smallest absolute Gasteiger partial charge is 0.284 e. The highest BCUT2D eigenvalue weighted by atomic mass is 32.1. The molecule has 0 spiro atoms. The molecule has 0 saturated carbocycles. The summed E-state index contributed by atoms with van der Waals surface area (Å²) in [6.07, 6.45) is 6.46. The van der Waals surface area contributed by atoms with Gasteiger partial charge in [-0.2, -0.15) is 0 Å². The molecule has 0 aliphatic carbocycles. The second kappa shape index (κ2) is 18.5. The summed E-state index contributed by atoms with van der Waals surface area (Å²) in [6.45, 7) is 24.5. The molecule has 1 heterocycles. The predicted molar refractivity (Wildman–Crippen MR) is 143 cm³/mol. The van der Waals surface area contributed by atoms with Gasteiger partial charge in [0.1, 0.15) is 0 Å². The lowest BCUT2D eigenvalue weighted by molar-refractivity contribution is -0.131. The fourth-order valence-electron chi connectivity index (χ4n) is 2.70. The van der Waals surface area contributed by atoms with Crippen LogP contribution in [0.1, 0.15) is 91.2 Å². The van der Waals surface area contributed by atoms with Crippen molar-refractivity contribution < 1.29 is 14.8 Å². The van der Waals surface area contributed by atoms with E-state index < -0.39 is 5.91 Å². The summed E-state index contributed by atoms with van der Waals surface area (Å²) in [7, 11) is 0. The second-order valence-corrected chi connectivity index (χ2v) is 9.39. The summed E-state index contributed by atoms with van der Waals surface area (Å²) in [5.41, 5.74) is 2.39. The lowest BCUT2D eigenvalue weighted by Gasteiger charge is -2.27. The summed E-state index contributed by atoms with van der Waals surface area (Å²) in [5.74, 6) is -0.460. The molecule has 2 amide bonds. The Bertz CT molecular complexity index is 823. The average molecular weight is 482 g/mol. The number of carbonyl (C=O) groups excluding carboxylic acids is 2. The number of allylic oxidation sites excluding steroid dienone is 2. The number of hydrogen-bond acceptors (Lipinski definition) is 5. The van der Waals surface area contributed by atoms with Gasteiger partial charge >= 0.3 is 0 Å². The van der Waals surface area contributed by atoms with Crippen molar-refractivity contribution >= 4 is 35.8 Å². The Kier molecular flexibility index (Phi) is 18.6. The number of nitrogens with one attached hydrogen (secondary N) is 2. The maximum Gasteiger partial charge on any atom is 0.284 e. The third kappa shape index (κ3) is 14.0. The zero-order valence-corrected chi connectivity index (χ0v) is 23.1. The molecule has 7 heteroatoms. The van der Waals surface area contributed by atoms with Gasteiger partial charge in [0.25, 0.3) is 5.91 Å². The minimum atomic E-state index is -0.555. The van der Waals surface area contributed by atoms with Crippen LogP contribution in [-0.2, 0) is 4.79 Å². The van der Waals surface area contributed by atoms with Crippen molar-refractivity contribution in [3.05, 3.63) is 32.5 Å². The molecule has 0 aromatic carbocycles. The fourth-order valence-corrected chi connectivity index (χ4v) is 3.60. The Morgan fingerprint density at radius 1 is 1.18 bits per heavy atom. The number of rotatable bonds is 10. The molecule has 0 radical (unpaired) electrons. The van der Waals surface area contributed by atoms with Crippen LogP contribution in [0.2, 0.25) is 0 Å². The molecule has 0 atom stereocenters. The van der Waals surface area contributed by atoms with E-state index in [1.807, 2.05) is 51.7 Å². The Morgan fingerprint density at radius 3 is 2.30 bits per heavy atom. The maximum atomic E-state index is 12.9. The van der Waals surface area contributed by atoms with Crippen LogP contribution in [0, 0.1) is 5.41 Å². The van der Waals surface area contributed by atoms with Crippen molar-refractivity contribution in [1.82, 2.24) is 15.7 Å². The predicted octanol–water partition coefficient (Wildman–Crippen LogP) is 4.67. The molecule has 1 aromatic heterocycles. The molecular weight excluding hydrogens is 434 g/mol. The molecule has 0 aliphatic heterocycles. The van der Waals surface area contributed by atoms with Crippen molar-refractivity contribution in [2.75, 3.05) is 19.6 Å². The van der Waals surface area contributed by atoms with E-state index in [0.29, 0.717) is 23.1 Å². The number of hydroxylamine groups is 1. The zero-order valence-electron chi connectivity index (χ0n) is 22.3. The number of amides is 2. The molecule has 1 aromatic rings. The normalized spacial score (nSPS) is 11.7. The Balaban J connectivity index is 0. The molecule has 0 unspecified atom stereocenters. The SMILES string of the molecule is C=c1cc(C(=O)NO)s/c1=C/C=C(\C)N(CCNCCCC)C(=O)CC(C)(C)C.CC.CC. The highest BCUT2D eigenvalue weighted by molar-refractivity contribution is 7.12. The van der Waals surface area contributed by atoms with Crippen LogP contribution in [0.15, 0.2) is 17.8 Å². The molecular formula is C26H47N3O3S. The first-order valence-electron chi connectivity index (χ1n) is 12.0. The summed E-state index contributed by atoms with van der Waals surface area (Å²) >= 11 is 1.24. The number of nitrogens with zero attached hydrogens (tertiary/aromatic N) is 1. The van der Waals surface area contributed by atoms with Crippen LogP contribution in [0.4, 0.5) is 0 Å². The highest BCUT2D eigenvalue weighted by Crippen LogP contribution is 2.21. The van der Waals surface area contributed by atoms with Crippen molar-refractivity contribution in [3.63, 3.8) is 0 Å². The number of hydrogen-bond donors (Lipinski definition) is 3. The largest absolute Gasteiger partial charge is 0.315 e. The number of thiophene rings is 1. The molecule has 0 fully saturated rings. The zero-order chi connectivity index (χ0) is 26.0. The minimum Gasteiger partial charge on any atom is -0.315 e. The molecule has 0 bridgehead atoms. The van der Waals surface area contributed by atoms with Crippen molar-refractivity contribution in [3.8, 4) is 0 Å². The van der Waals surface area contributed by atoms with Gasteiger partial charge in [0.2, 0.25) is 5.91 Å². The van der Waals surface area contributed by atoms with Crippen LogP contribution in [0.5, 0.6) is 0 Å². The summed E-state index contributed by atoms with van der Waals surface area (Å²) in [5, 5.41) is 12.9. The summed E-state index contributed by atoms with van der Waals surface area (Å²) < 4.78 is 0.812. The first kappa shape index (κ1) is 33.2. The van der Waals surface area contributed by atoms with Crippen LogP contribution in [0.3, 0.4) is 0 Å². The van der Waals surface area contributed by atoms with Crippen LogP contribution in [0.25, 0.3) is 12.7 Å². The van der Waals surface area contributed by atoms with Gasteiger partial charge in [0.05, 0.1) is 4.88 Å². The van der Waals surface area contributed by atoms with E-state index in [1.54, 1.807) is 11.5 Å². The highest BCUT2D eigenvalue weighted by Gasteiger charge is 2.21. The second-order valence-electron chi connectivity index (χ2n) is 8.30. The molecule has 3 N–H and O–H groups in total. The maximum absolute atomic E-state index is 12.9. The van der Waals surface area contributed by atoms with Gasteiger partial charge < -0.3 is 10.2 Å². The van der Waals surface area contributed by atoms with Crippen molar-refractivity contribution in [2.24, 2.45) is 5.41 Å². The van der Waals surface area contributed by atoms with Gasteiger partial charge in [0.15, 0.2) is 0 Å². The molecule has 0 saturated heterocycles. The van der Waals surface area contributed by atoms with E-state index in [2.05, 4.69) is 39.6 Å². The average Bonchev–Trinajstić information content (AvgIpc) is 3.16. The van der Waals surface area contributed by atoms with Gasteiger partial charge in [-0.15, -0.1) is 11.3 Å². The molecule has 6 nitrogen and oxygen atoms in total. The number of carbonyl (C=O) groups is 2. The van der Waals surface area contributed by atoms with E-state index in [9.17, 15) is 9.59 Å². The van der Waals surface area contributed by atoms with Gasteiger partial charge in [0, 0.05) is 29.7 Å². The fraction of sp³-hybridized carbons (Fsp3) is 0.615. The van der Waals surface area contributed by atoms with Gasteiger partial charge in [-0.25, -0.2) is 5.48 Å². The lowest BCUT2D eigenvalue weighted by Crippen LogP contribution is -2.37. The van der Waals surface area contributed by atoms with E-state index in [1.165, 1.54) is 11.3 Å². The van der Waals surface area contributed by atoms with E-state index >= 15 is 0 Å². The van der Waals surface area contributed by atoms with Gasteiger partial charge in [-0.1, -0.05) is 68.4 Å². The molecule has 190 valence electrons. The molecule has 0 aliphatic rings. The number of unbranched alkanes of at least 4 members (excludes halogenated alkanes) is 1. The monoisotopic (exact) mass is 481 g/mol.